The average Bonchev–Trinajstić information content (AvgIpc) is 3.16. The molecule has 0 saturated heterocycles. The van der Waals surface area contributed by atoms with E-state index in [1.807, 2.05) is 42.5 Å². The number of rotatable bonds is 8. The van der Waals surface area contributed by atoms with Gasteiger partial charge in [-0.25, -0.2) is 0 Å². The highest BCUT2D eigenvalue weighted by atomic mass is 35.5. The Kier molecular flexibility index (Phi) is 8.79. The average molecular weight is 684 g/mol. The van der Waals surface area contributed by atoms with Gasteiger partial charge in [0.05, 0.1) is 5.69 Å². The summed E-state index contributed by atoms with van der Waals surface area (Å²) in [5, 5.41) is 3.65. The summed E-state index contributed by atoms with van der Waals surface area (Å²) in [5.74, 6) is 0. The molecule has 0 amide bonds. The van der Waals surface area contributed by atoms with Gasteiger partial charge in [0.1, 0.15) is 0 Å². The summed E-state index contributed by atoms with van der Waals surface area (Å²) in [7, 11) is 0. The number of hydrogen-bond acceptors (Lipinski definition) is 2. The summed E-state index contributed by atoms with van der Waals surface area (Å²) in [6.07, 6.45) is 0. The van der Waals surface area contributed by atoms with Gasteiger partial charge in [-0.2, -0.15) is 0 Å². The molecule has 0 heterocycles. The summed E-state index contributed by atoms with van der Waals surface area (Å²) in [4.78, 5) is 4.58. The van der Waals surface area contributed by atoms with Gasteiger partial charge in [0, 0.05) is 43.9 Å². The predicted molar refractivity (Wildman–Crippen MR) is 214 cm³/mol. The zero-order valence-electron chi connectivity index (χ0n) is 27.1. The zero-order chi connectivity index (χ0) is 33.9. The van der Waals surface area contributed by atoms with E-state index in [4.69, 9.17) is 23.2 Å². The molecule has 50 heavy (non-hydrogen) atoms. The van der Waals surface area contributed by atoms with Crippen molar-refractivity contribution in [3.8, 4) is 22.3 Å². The summed E-state index contributed by atoms with van der Waals surface area (Å²) in [6, 6.07) is 67.5. The largest absolute Gasteiger partial charge is 0.310 e. The van der Waals surface area contributed by atoms with E-state index in [1.54, 1.807) is 0 Å². The van der Waals surface area contributed by atoms with Crippen molar-refractivity contribution in [2.75, 3.05) is 9.80 Å². The van der Waals surface area contributed by atoms with E-state index in [0.717, 1.165) is 61.6 Å². The van der Waals surface area contributed by atoms with Crippen molar-refractivity contribution in [1.29, 1.82) is 0 Å². The Hall–Kier alpha value is -5.80. The molecule has 0 aliphatic rings. The van der Waals surface area contributed by atoms with Gasteiger partial charge in [-0.3, -0.25) is 0 Å². The van der Waals surface area contributed by atoms with Crippen LogP contribution in [-0.2, 0) is 0 Å². The van der Waals surface area contributed by atoms with Gasteiger partial charge in [-0.15, -0.1) is 0 Å². The number of anilines is 6. The van der Waals surface area contributed by atoms with E-state index < -0.39 is 0 Å². The Bertz CT molecular complexity index is 2400. The fourth-order valence-corrected chi connectivity index (χ4v) is 6.96. The van der Waals surface area contributed by atoms with Crippen molar-refractivity contribution < 1.29 is 0 Å². The van der Waals surface area contributed by atoms with E-state index in [0.29, 0.717) is 10.0 Å². The van der Waals surface area contributed by atoms with Crippen molar-refractivity contribution >= 4 is 68.1 Å². The van der Waals surface area contributed by atoms with Crippen molar-refractivity contribution in [3.63, 3.8) is 0 Å². The number of hydrogen-bond donors (Lipinski definition) is 0. The van der Waals surface area contributed by atoms with Gasteiger partial charge in [0.2, 0.25) is 0 Å². The minimum Gasteiger partial charge on any atom is -0.310 e. The Morgan fingerprint density at radius 1 is 0.300 bits per heavy atom. The van der Waals surface area contributed by atoms with Gasteiger partial charge in [0.25, 0.3) is 0 Å². The lowest BCUT2D eigenvalue weighted by Crippen LogP contribution is -2.14. The molecule has 0 atom stereocenters. The number of nitrogens with zero attached hydrogens (tertiary/aromatic N) is 2. The lowest BCUT2D eigenvalue weighted by molar-refractivity contribution is 1.25. The second-order valence-electron chi connectivity index (χ2n) is 12.1. The standard InChI is InChI=1S/C46H32Cl2N2/c47-38-18-10-20-41(30-38)49(40-26-24-35(25-27-40)33-12-3-1-4-13-33)43-28-37(34-14-5-2-6-15-34)29-44(32-43)50(42-21-11-19-39(48)31-42)46-23-9-17-36-16-7-8-22-45(36)46/h1-32H. The fraction of sp³-hybridized carbons (Fsp3) is 0. The highest BCUT2D eigenvalue weighted by Crippen LogP contribution is 2.45. The van der Waals surface area contributed by atoms with Crippen molar-refractivity contribution in [2.45, 2.75) is 0 Å². The van der Waals surface area contributed by atoms with E-state index in [-0.39, 0.29) is 0 Å². The second kappa shape index (κ2) is 14.0. The molecule has 8 rings (SSSR count). The first kappa shape index (κ1) is 31.5. The van der Waals surface area contributed by atoms with E-state index in [9.17, 15) is 0 Å². The highest BCUT2D eigenvalue weighted by Gasteiger charge is 2.21. The van der Waals surface area contributed by atoms with Crippen LogP contribution < -0.4 is 9.80 Å². The van der Waals surface area contributed by atoms with Gasteiger partial charge in [0.15, 0.2) is 0 Å². The normalized spacial score (nSPS) is 11.0. The first-order chi connectivity index (χ1) is 24.6. The predicted octanol–water partition coefficient (Wildman–Crippen LogP) is 14.4. The molecule has 0 fully saturated rings. The maximum atomic E-state index is 6.68. The fourth-order valence-electron chi connectivity index (χ4n) is 6.59. The first-order valence-electron chi connectivity index (χ1n) is 16.6. The molecule has 0 aliphatic carbocycles. The van der Waals surface area contributed by atoms with Crippen LogP contribution in [0.15, 0.2) is 194 Å². The quantitative estimate of drug-likeness (QED) is 0.157. The maximum absolute atomic E-state index is 6.68. The minimum absolute atomic E-state index is 0.671. The van der Waals surface area contributed by atoms with Crippen LogP contribution in [0.4, 0.5) is 34.1 Å². The number of fused-ring (bicyclic) bond motifs is 1. The smallest absolute Gasteiger partial charge is 0.0540 e. The molecule has 4 heteroatoms. The Balaban J connectivity index is 1.38. The molecule has 240 valence electrons. The van der Waals surface area contributed by atoms with Gasteiger partial charge < -0.3 is 9.80 Å². The van der Waals surface area contributed by atoms with Gasteiger partial charge >= 0.3 is 0 Å². The molecular formula is C46H32Cl2N2. The van der Waals surface area contributed by atoms with Gasteiger partial charge in [-0.05, 0) is 100 Å². The maximum Gasteiger partial charge on any atom is 0.0540 e. The molecule has 0 aromatic heterocycles. The van der Waals surface area contributed by atoms with Crippen LogP contribution >= 0.6 is 23.2 Å². The summed E-state index contributed by atoms with van der Waals surface area (Å²) >= 11 is 13.3. The minimum atomic E-state index is 0.671. The molecule has 2 nitrogen and oxygen atoms in total. The third kappa shape index (κ3) is 6.47. The highest BCUT2D eigenvalue weighted by molar-refractivity contribution is 6.31. The third-order valence-electron chi connectivity index (χ3n) is 8.90. The van der Waals surface area contributed by atoms with Crippen LogP contribution in [0.3, 0.4) is 0 Å². The third-order valence-corrected chi connectivity index (χ3v) is 9.37. The first-order valence-corrected chi connectivity index (χ1v) is 17.3. The number of benzene rings is 8. The lowest BCUT2D eigenvalue weighted by Gasteiger charge is -2.31. The SMILES string of the molecule is Clc1cccc(N(c2ccc(-c3ccccc3)cc2)c2cc(-c3ccccc3)cc(N(c3cccc(Cl)c3)c3cccc4ccccc34)c2)c1. The Morgan fingerprint density at radius 2 is 0.800 bits per heavy atom. The van der Waals surface area contributed by atoms with Crippen LogP contribution in [0.5, 0.6) is 0 Å². The molecule has 8 aromatic rings. The van der Waals surface area contributed by atoms with Gasteiger partial charge in [-0.1, -0.05) is 145 Å². The molecule has 0 spiro atoms. The summed E-state index contributed by atoms with van der Waals surface area (Å²) < 4.78 is 0. The molecule has 0 unspecified atom stereocenters. The van der Waals surface area contributed by atoms with E-state index in [1.165, 1.54) is 5.56 Å². The van der Waals surface area contributed by atoms with E-state index >= 15 is 0 Å². The topological polar surface area (TPSA) is 6.48 Å². The summed E-state index contributed by atoms with van der Waals surface area (Å²) in [5.41, 5.74) is 10.5. The van der Waals surface area contributed by atoms with Crippen molar-refractivity contribution in [3.05, 3.63) is 204 Å². The van der Waals surface area contributed by atoms with Crippen LogP contribution in [0.1, 0.15) is 0 Å². The molecule has 0 radical (unpaired) electrons. The molecule has 0 N–H and O–H groups in total. The van der Waals surface area contributed by atoms with Crippen LogP contribution in [0.25, 0.3) is 33.0 Å². The van der Waals surface area contributed by atoms with Crippen LogP contribution in [0, 0.1) is 0 Å². The second-order valence-corrected chi connectivity index (χ2v) is 13.0. The monoisotopic (exact) mass is 682 g/mol. The molecule has 0 bridgehead atoms. The van der Waals surface area contributed by atoms with Crippen LogP contribution in [-0.4, -0.2) is 0 Å². The molecular weight excluding hydrogens is 651 g/mol. The Morgan fingerprint density at radius 3 is 1.44 bits per heavy atom. The van der Waals surface area contributed by atoms with E-state index in [2.05, 4.69) is 161 Å². The lowest BCUT2D eigenvalue weighted by atomic mass is 10.0. The molecule has 0 aliphatic heterocycles. The molecule has 0 saturated carbocycles. The Labute approximate surface area is 303 Å². The summed E-state index contributed by atoms with van der Waals surface area (Å²) in [6.45, 7) is 0. The molecule has 8 aromatic carbocycles. The van der Waals surface area contributed by atoms with Crippen LogP contribution in [0.2, 0.25) is 10.0 Å². The van der Waals surface area contributed by atoms with Crippen molar-refractivity contribution in [2.24, 2.45) is 0 Å². The zero-order valence-corrected chi connectivity index (χ0v) is 28.6. The number of halogens is 2. The van der Waals surface area contributed by atoms with Crippen molar-refractivity contribution in [1.82, 2.24) is 0 Å².